The van der Waals surface area contributed by atoms with Crippen molar-refractivity contribution >= 4 is 15.9 Å². The van der Waals surface area contributed by atoms with Gasteiger partial charge in [0.05, 0.1) is 30.1 Å². The Morgan fingerprint density at radius 2 is 1.80 bits per heavy atom. The Hall–Kier alpha value is -3.32. The van der Waals surface area contributed by atoms with Gasteiger partial charge in [0, 0.05) is 12.1 Å². The second kappa shape index (κ2) is 10.1. The van der Waals surface area contributed by atoms with Gasteiger partial charge in [-0.1, -0.05) is 18.2 Å². The number of amides is 1. The minimum absolute atomic E-state index is 0.0400. The molecule has 1 heterocycles. The number of halogens is 5. The van der Waals surface area contributed by atoms with Crippen LogP contribution in [-0.4, -0.2) is 30.4 Å². The number of hydrogen-bond donors (Lipinski definition) is 2. The van der Waals surface area contributed by atoms with Gasteiger partial charge in [0.25, 0.3) is 0 Å². The Labute approximate surface area is 198 Å². The average Bonchev–Trinajstić information content (AvgIpc) is 3.20. The first-order chi connectivity index (χ1) is 16.2. The predicted octanol–water partition coefficient (Wildman–Crippen LogP) is 3.64. The Bertz CT molecular complexity index is 1340. The van der Waals surface area contributed by atoms with Crippen molar-refractivity contribution in [1.29, 1.82) is 0 Å². The number of benzene rings is 2. The van der Waals surface area contributed by atoms with Crippen molar-refractivity contribution in [2.45, 2.75) is 32.1 Å². The fraction of sp³-hybridized carbons (Fsp3) is 0.273. The summed E-state index contributed by atoms with van der Waals surface area (Å²) in [5, 5.41) is 6.00. The highest BCUT2D eigenvalue weighted by Gasteiger charge is 2.35. The molecule has 0 radical (unpaired) electrons. The monoisotopic (exact) mass is 516 g/mol. The molecular formula is C22H21F5N4O3S. The van der Waals surface area contributed by atoms with E-state index in [1.807, 2.05) is 0 Å². The van der Waals surface area contributed by atoms with E-state index >= 15 is 0 Å². The van der Waals surface area contributed by atoms with Crippen LogP contribution in [0.15, 0.2) is 48.5 Å². The van der Waals surface area contributed by atoms with E-state index in [0.29, 0.717) is 0 Å². The van der Waals surface area contributed by atoms with E-state index in [1.165, 1.54) is 31.2 Å². The standard InChI is InChI=1S/C22H21F5N4O3S/c1-13(14-6-7-15(19(24)8-14)11-29-35(2,33)34)21(32)28-12-18-10-20(22(25,26)27)30-31(18)17-5-3-4-16(23)9-17/h3-10,13,29H,11-12H2,1-2H3,(H,28,32). The maximum Gasteiger partial charge on any atom is 0.435 e. The van der Waals surface area contributed by atoms with Gasteiger partial charge in [-0.25, -0.2) is 26.6 Å². The Morgan fingerprint density at radius 1 is 1.09 bits per heavy atom. The zero-order valence-electron chi connectivity index (χ0n) is 18.5. The Kier molecular flexibility index (Phi) is 7.60. The lowest BCUT2D eigenvalue weighted by Crippen LogP contribution is -2.28. The Balaban J connectivity index is 1.76. The lowest BCUT2D eigenvalue weighted by Gasteiger charge is -2.15. The van der Waals surface area contributed by atoms with Crippen molar-refractivity contribution in [1.82, 2.24) is 19.8 Å². The van der Waals surface area contributed by atoms with Crippen LogP contribution in [-0.2, 0) is 34.1 Å². The normalized spacial score (nSPS) is 13.0. The van der Waals surface area contributed by atoms with Crippen molar-refractivity contribution < 1.29 is 35.2 Å². The van der Waals surface area contributed by atoms with Gasteiger partial charge < -0.3 is 5.32 Å². The number of nitrogens with one attached hydrogen (secondary N) is 2. The van der Waals surface area contributed by atoms with Gasteiger partial charge in [-0.2, -0.15) is 18.3 Å². The molecule has 0 saturated heterocycles. The van der Waals surface area contributed by atoms with Gasteiger partial charge in [0.15, 0.2) is 5.69 Å². The highest BCUT2D eigenvalue weighted by Crippen LogP contribution is 2.30. The summed E-state index contributed by atoms with van der Waals surface area (Å²) in [5.74, 6) is -2.88. The summed E-state index contributed by atoms with van der Waals surface area (Å²) < 4.78 is 93.0. The molecule has 2 N–H and O–H groups in total. The van der Waals surface area contributed by atoms with E-state index in [-0.39, 0.29) is 35.6 Å². The molecule has 3 rings (SSSR count). The fourth-order valence-corrected chi connectivity index (χ4v) is 3.60. The molecule has 0 fully saturated rings. The summed E-state index contributed by atoms with van der Waals surface area (Å²) >= 11 is 0. The number of aromatic nitrogens is 2. The van der Waals surface area contributed by atoms with Gasteiger partial charge in [-0.15, -0.1) is 0 Å². The molecule has 188 valence electrons. The third-order valence-corrected chi connectivity index (χ3v) is 5.73. The number of carbonyl (C=O) groups excluding carboxylic acids is 1. The van der Waals surface area contributed by atoms with Crippen molar-refractivity contribution in [3.8, 4) is 5.69 Å². The quantitative estimate of drug-likeness (QED) is 0.447. The topological polar surface area (TPSA) is 93.1 Å². The summed E-state index contributed by atoms with van der Waals surface area (Å²) in [6.07, 6.45) is -3.82. The molecule has 35 heavy (non-hydrogen) atoms. The number of sulfonamides is 1. The summed E-state index contributed by atoms with van der Waals surface area (Å²) in [7, 11) is -3.53. The van der Waals surface area contributed by atoms with Gasteiger partial charge >= 0.3 is 6.18 Å². The molecule has 7 nitrogen and oxygen atoms in total. The lowest BCUT2D eigenvalue weighted by atomic mass is 9.98. The maximum absolute atomic E-state index is 14.4. The number of alkyl halides is 3. The summed E-state index contributed by atoms with van der Waals surface area (Å²) in [6, 6.07) is 9.43. The molecule has 2 aromatic carbocycles. The number of nitrogens with zero attached hydrogens (tertiary/aromatic N) is 2. The van der Waals surface area contributed by atoms with Gasteiger partial charge in [0.2, 0.25) is 15.9 Å². The average molecular weight is 516 g/mol. The minimum Gasteiger partial charge on any atom is -0.350 e. The van der Waals surface area contributed by atoms with E-state index in [1.54, 1.807) is 0 Å². The molecule has 1 unspecified atom stereocenters. The molecule has 3 aromatic rings. The third kappa shape index (κ3) is 6.85. The number of rotatable bonds is 8. The molecule has 0 bridgehead atoms. The molecule has 1 aromatic heterocycles. The molecular weight excluding hydrogens is 495 g/mol. The Morgan fingerprint density at radius 3 is 2.40 bits per heavy atom. The van der Waals surface area contributed by atoms with E-state index in [2.05, 4.69) is 15.1 Å². The van der Waals surface area contributed by atoms with E-state index in [0.717, 1.165) is 35.2 Å². The van der Waals surface area contributed by atoms with Crippen molar-refractivity contribution in [2.24, 2.45) is 0 Å². The van der Waals surface area contributed by atoms with Crippen LogP contribution in [0, 0.1) is 11.6 Å². The SMILES string of the molecule is CC(C(=O)NCc1cc(C(F)(F)F)nn1-c1cccc(F)c1)c1ccc(CNS(C)(=O)=O)c(F)c1. The molecule has 1 amide bonds. The molecule has 1 atom stereocenters. The van der Waals surface area contributed by atoms with Crippen LogP contribution in [0.25, 0.3) is 5.69 Å². The second-order valence-electron chi connectivity index (χ2n) is 7.79. The molecule has 0 aliphatic carbocycles. The first-order valence-electron chi connectivity index (χ1n) is 10.2. The van der Waals surface area contributed by atoms with Crippen molar-refractivity contribution in [2.75, 3.05) is 6.26 Å². The van der Waals surface area contributed by atoms with Crippen LogP contribution in [0.2, 0.25) is 0 Å². The second-order valence-corrected chi connectivity index (χ2v) is 9.63. The van der Waals surface area contributed by atoms with Crippen molar-refractivity contribution in [3.63, 3.8) is 0 Å². The first kappa shape index (κ1) is 26.3. The predicted molar refractivity (Wildman–Crippen MR) is 117 cm³/mol. The molecule has 0 spiro atoms. The minimum atomic E-state index is -4.75. The molecule has 0 aliphatic heterocycles. The molecule has 13 heteroatoms. The first-order valence-corrected chi connectivity index (χ1v) is 12.1. The number of carbonyl (C=O) groups is 1. The summed E-state index contributed by atoms with van der Waals surface area (Å²) in [5.41, 5.74) is -0.863. The van der Waals surface area contributed by atoms with Crippen LogP contribution in [0.5, 0.6) is 0 Å². The zero-order chi connectivity index (χ0) is 26.0. The lowest BCUT2D eigenvalue weighted by molar-refractivity contribution is -0.141. The molecule has 0 saturated carbocycles. The molecule has 0 aliphatic rings. The van der Waals surface area contributed by atoms with Crippen molar-refractivity contribution in [3.05, 3.63) is 82.7 Å². The van der Waals surface area contributed by atoms with E-state index < -0.39 is 45.4 Å². The highest BCUT2D eigenvalue weighted by molar-refractivity contribution is 7.88. The maximum atomic E-state index is 14.4. The summed E-state index contributed by atoms with van der Waals surface area (Å²) in [4.78, 5) is 12.6. The highest BCUT2D eigenvalue weighted by atomic mass is 32.2. The van der Waals surface area contributed by atoms with Crippen LogP contribution in [0.3, 0.4) is 0 Å². The third-order valence-electron chi connectivity index (χ3n) is 5.07. The van der Waals surface area contributed by atoms with Crippen LogP contribution in [0.1, 0.15) is 35.4 Å². The summed E-state index contributed by atoms with van der Waals surface area (Å²) in [6.45, 7) is 0.849. The van der Waals surface area contributed by atoms with Gasteiger partial charge in [0.1, 0.15) is 11.6 Å². The number of hydrogen-bond acceptors (Lipinski definition) is 4. The van der Waals surface area contributed by atoms with E-state index in [4.69, 9.17) is 0 Å². The van der Waals surface area contributed by atoms with Crippen LogP contribution < -0.4 is 10.0 Å². The van der Waals surface area contributed by atoms with E-state index in [9.17, 15) is 35.2 Å². The fourth-order valence-electron chi connectivity index (χ4n) is 3.18. The largest absolute Gasteiger partial charge is 0.435 e. The zero-order valence-corrected chi connectivity index (χ0v) is 19.3. The smallest absolute Gasteiger partial charge is 0.350 e. The van der Waals surface area contributed by atoms with Gasteiger partial charge in [-0.3, -0.25) is 4.79 Å². The van der Waals surface area contributed by atoms with Gasteiger partial charge in [-0.05, 0) is 42.8 Å². The van der Waals surface area contributed by atoms with Crippen LogP contribution >= 0.6 is 0 Å². The van der Waals surface area contributed by atoms with Crippen LogP contribution in [0.4, 0.5) is 22.0 Å².